The topological polar surface area (TPSA) is 58.1 Å². The second-order valence-corrected chi connectivity index (χ2v) is 11.3. The minimum absolute atomic E-state index is 0.0865. The number of aromatic nitrogens is 2. The van der Waals surface area contributed by atoms with E-state index < -0.39 is 23.8 Å². The zero-order chi connectivity index (χ0) is 27.2. The molecule has 1 aliphatic carbocycles. The Kier molecular flexibility index (Phi) is 10.0. The Bertz CT molecular complexity index is 1120. The molecular formula is C29H38ClF3N4O. The Balaban J connectivity index is 1.38. The molecule has 1 saturated heterocycles. The molecule has 1 aliphatic heterocycles. The van der Waals surface area contributed by atoms with Gasteiger partial charge in [-0.15, -0.1) is 0 Å². The van der Waals surface area contributed by atoms with Gasteiger partial charge in [0.15, 0.2) is 0 Å². The molecule has 2 aromatic rings. The summed E-state index contributed by atoms with van der Waals surface area (Å²) < 4.78 is 41.1. The fourth-order valence-electron chi connectivity index (χ4n) is 5.88. The Morgan fingerprint density at radius 1 is 1.11 bits per heavy atom. The maximum Gasteiger partial charge on any atom is 0.266 e. The molecule has 38 heavy (non-hydrogen) atoms. The number of carbonyl (C=O) groups excluding carboxylic acids is 1. The van der Waals surface area contributed by atoms with Crippen LogP contribution in [-0.4, -0.2) is 40.8 Å². The second-order valence-electron chi connectivity index (χ2n) is 11.0. The molecule has 208 valence electrons. The van der Waals surface area contributed by atoms with Crippen molar-refractivity contribution in [1.29, 1.82) is 0 Å². The molecular weight excluding hydrogens is 513 g/mol. The molecule has 0 saturated carbocycles. The molecule has 5 nitrogen and oxygen atoms in total. The number of alkyl halides is 2. The average molecular weight is 551 g/mol. The fraction of sp³-hybridized carbons (Fsp3) is 0.621. The van der Waals surface area contributed by atoms with Gasteiger partial charge in [-0.1, -0.05) is 31.0 Å². The van der Waals surface area contributed by atoms with E-state index in [2.05, 4.69) is 27.2 Å². The first-order chi connectivity index (χ1) is 18.2. The van der Waals surface area contributed by atoms with Gasteiger partial charge in [0.05, 0.1) is 17.3 Å². The summed E-state index contributed by atoms with van der Waals surface area (Å²) in [5, 5.41) is 3.27. The number of anilines is 1. The number of fused-ring (bicyclic) bond motifs is 1. The van der Waals surface area contributed by atoms with Crippen LogP contribution in [0.4, 0.5) is 19.0 Å². The summed E-state index contributed by atoms with van der Waals surface area (Å²) in [5.41, 5.74) is 1.27. The Hall–Kier alpha value is -2.19. The van der Waals surface area contributed by atoms with Gasteiger partial charge in [-0.3, -0.25) is 4.79 Å². The van der Waals surface area contributed by atoms with Gasteiger partial charge in [0.2, 0.25) is 5.28 Å². The van der Waals surface area contributed by atoms with E-state index in [9.17, 15) is 18.0 Å². The van der Waals surface area contributed by atoms with Crippen LogP contribution in [0.3, 0.4) is 0 Å². The lowest BCUT2D eigenvalue weighted by Crippen LogP contribution is -2.24. The molecule has 1 N–H and O–H groups in total. The Morgan fingerprint density at radius 2 is 1.84 bits per heavy atom. The van der Waals surface area contributed by atoms with Crippen molar-refractivity contribution in [3.8, 4) is 0 Å². The maximum atomic E-state index is 14.7. The zero-order valence-electron chi connectivity index (χ0n) is 22.3. The molecule has 4 rings (SSSR count). The fourth-order valence-corrected chi connectivity index (χ4v) is 6.07. The van der Waals surface area contributed by atoms with Gasteiger partial charge in [0, 0.05) is 23.5 Å². The lowest BCUT2D eigenvalue weighted by atomic mass is 9.87. The highest BCUT2D eigenvalue weighted by atomic mass is 35.5. The molecule has 2 aliphatic rings. The van der Waals surface area contributed by atoms with Crippen LogP contribution in [0.15, 0.2) is 18.2 Å². The van der Waals surface area contributed by atoms with Gasteiger partial charge >= 0.3 is 0 Å². The molecule has 9 heteroatoms. The molecule has 0 bridgehead atoms. The number of rotatable bonds is 8. The molecule has 1 fully saturated rings. The highest BCUT2D eigenvalue weighted by Crippen LogP contribution is 2.36. The number of halogens is 4. The van der Waals surface area contributed by atoms with Crippen LogP contribution in [0.1, 0.15) is 93.1 Å². The Morgan fingerprint density at radius 3 is 2.63 bits per heavy atom. The van der Waals surface area contributed by atoms with E-state index in [1.165, 1.54) is 25.0 Å². The highest BCUT2D eigenvalue weighted by Gasteiger charge is 2.29. The van der Waals surface area contributed by atoms with E-state index in [4.69, 9.17) is 11.6 Å². The van der Waals surface area contributed by atoms with Gasteiger partial charge in [0.25, 0.3) is 6.43 Å². The number of carbonyl (C=O) groups is 1. The monoisotopic (exact) mass is 550 g/mol. The molecule has 2 unspecified atom stereocenters. The zero-order valence-corrected chi connectivity index (χ0v) is 23.0. The number of hydrogen-bond donors (Lipinski definition) is 1. The van der Waals surface area contributed by atoms with Crippen molar-refractivity contribution in [2.75, 3.05) is 25.5 Å². The van der Waals surface area contributed by atoms with E-state index in [0.29, 0.717) is 30.9 Å². The minimum atomic E-state index is -2.89. The van der Waals surface area contributed by atoms with E-state index in [1.54, 1.807) is 6.92 Å². The third-order valence-electron chi connectivity index (χ3n) is 8.09. The lowest BCUT2D eigenvalue weighted by Gasteiger charge is -2.22. The van der Waals surface area contributed by atoms with E-state index >= 15 is 0 Å². The van der Waals surface area contributed by atoms with Crippen LogP contribution < -0.4 is 5.32 Å². The molecule has 1 aromatic heterocycles. The predicted molar refractivity (Wildman–Crippen MR) is 144 cm³/mol. The average Bonchev–Trinajstić information content (AvgIpc) is 3.29. The van der Waals surface area contributed by atoms with Crippen LogP contribution >= 0.6 is 11.6 Å². The lowest BCUT2D eigenvalue weighted by molar-refractivity contribution is -0.123. The first-order valence-corrected chi connectivity index (χ1v) is 14.2. The van der Waals surface area contributed by atoms with Crippen molar-refractivity contribution in [3.05, 3.63) is 51.7 Å². The second kappa shape index (κ2) is 13.2. The molecule has 2 heterocycles. The van der Waals surface area contributed by atoms with Crippen LogP contribution in [0.25, 0.3) is 0 Å². The molecule has 0 spiro atoms. The molecule has 3 atom stereocenters. The van der Waals surface area contributed by atoms with Crippen LogP contribution in [0, 0.1) is 17.7 Å². The minimum Gasteiger partial charge on any atom is -0.363 e. The highest BCUT2D eigenvalue weighted by molar-refractivity contribution is 6.28. The van der Waals surface area contributed by atoms with Gasteiger partial charge < -0.3 is 10.2 Å². The van der Waals surface area contributed by atoms with Crippen LogP contribution in [0.2, 0.25) is 5.28 Å². The standard InChI is InChI=1S/C29H38ClF3N4O/c1-18(21-10-6-11-22(26(21)31)27(32)33)34-28-23-16-19(17-24(23)35-29(30)36-28)12-13-25(38)20-8-4-3-5-14-37(2)15-7-9-20/h6,10-11,18-20,27H,3-5,7-9,12-17H2,1-2H3,(H,34,35,36)/t18-,19?,20?/m1/s1. The van der Waals surface area contributed by atoms with Gasteiger partial charge in [-0.05, 0) is 89.5 Å². The van der Waals surface area contributed by atoms with Gasteiger partial charge in [-0.25, -0.2) is 23.1 Å². The van der Waals surface area contributed by atoms with E-state index in [1.807, 2.05) is 0 Å². The predicted octanol–water partition coefficient (Wildman–Crippen LogP) is 7.35. The third kappa shape index (κ3) is 7.26. The molecule has 0 amide bonds. The van der Waals surface area contributed by atoms with Crippen LogP contribution in [-0.2, 0) is 17.6 Å². The van der Waals surface area contributed by atoms with E-state index in [0.717, 1.165) is 62.5 Å². The summed E-state index contributed by atoms with van der Waals surface area (Å²) in [5.74, 6) is 0.357. The summed E-state index contributed by atoms with van der Waals surface area (Å²) in [7, 11) is 2.16. The number of nitrogens with zero attached hydrogens (tertiary/aromatic N) is 3. The number of hydrogen-bond acceptors (Lipinski definition) is 5. The van der Waals surface area contributed by atoms with Gasteiger partial charge in [0.1, 0.15) is 17.4 Å². The summed E-state index contributed by atoms with van der Waals surface area (Å²) >= 11 is 6.20. The molecule has 0 radical (unpaired) electrons. The van der Waals surface area contributed by atoms with Crippen LogP contribution in [0.5, 0.6) is 0 Å². The van der Waals surface area contributed by atoms with Crippen molar-refractivity contribution in [1.82, 2.24) is 14.9 Å². The summed E-state index contributed by atoms with van der Waals surface area (Å²) in [6, 6.07) is 3.42. The van der Waals surface area contributed by atoms with Crippen molar-refractivity contribution in [2.45, 2.75) is 83.6 Å². The SMILES string of the molecule is C[C@@H](Nc1nc(Cl)nc2c1CC(CCC(=O)C1CCCCCN(C)CCC1)C2)c1cccc(C(F)F)c1F. The first-order valence-electron chi connectivity index (χ1n) is 13.8. The number of ketones is 1. The number of Topliss-reactive ketones (excluding diaryl/α,β-unsaturated/α-hetero) is 1. The normalized spacial score (nSPS) is 21.8. The van der Waals surface area contributed by atoms with E-state index in [-0.39, 0.29) is 22.7 Å². The van der Waals surface area contributed by atoms with Crippen molar-refractivity contribution >= 4 is 23.2 Å². The van der Waals surface area contributed by atoms with Crippen molar-refractivity contribution in [2.24, 2.45) is 11.8 Å². The summed E-state index contributed by atoms with van der Waals surface area (Å²) in [6.45, 7) is 3.89. The smallest absolute Gasteiger partial charge is 0.266 e. The third-order valence-corrected chi connectivity index (χ3v) is 8.26. The van der Waals surface area contributed by atoms with Gasteiger partial charge in [-0.2, -0.15) is 0 Å². The summed E-state index contributed by atoms with van der Waals surface area (Å²) in [6.07, 6.45) is 6.35. The summed E-state index contributed by atoms with van der Waals surface area (Å²) in [4.78, 5) is 24.3. The molecule has 1 aromatic carbocycles. The van der Waals surface area contributed by atoms with Crippen molar-refractivity contribution in [3.63, 3.8) is 0 Å². The maximum absolute atomic E-state index is 14.7. The first kappa shape index (κ1) is 28.8. The Labute approximate surface area is 228 Å². The quantitative estimate of drug-likeness (QED) is 0.348. The van der Waals surface area contributed by atoms with Crippen molar-refractivity contribution < 1.29 is 18.0 Å². The largest absolute Gasteiger partial charge is 0.363 e. The number of nitrogens with one attached hydrogen (secondary N) is 1. The number of benzene rings is 1.